The smallest absolute Gasteiger partial charge is 0.178 e. The molecular weight excluding hydrogens is 294 g/mol. The number of hydrogen-bond acceptors (Lipinski definition) is 3. The van der Waals surface area contributed by atoms with E-state index >= 15 is 0 Å². The highest BCUT2D eigenvalue weighted by Gasteiger charge is 2.22. The van der Waals surface area contributed by atoms with Crippen LogP contribution in [-0.2, 0) is 12.8 Å². The molecular formula is C21H21N3. The molecule has 1 aliphatic rings. The van der Waals surface area contributed by atoms with Crippen molar-refractivity contribution in [2.45, 2.75) is 40.0 Å². The van der Waals surface area contributed by atoms with Gasteiger partial charge in [-0.25, -0.2) is 15.0 Å². The molecule has 0 radical (unpaired) electrons. The lowest BCUT2D eigenvalue weighted by molar-refractivity contribution is 0.899. The van der Waals surface area contributed by atoms with Crippen molar-refractivity contribution in [3.63, 3.8) is 0 Å². The normalized spacial score (nSPS) is 13.1. The lowest BCUT2D eigenvalue weighted by Crippen LogP contribution is -2.03. The van der Waals surface area contributed by atoms with Crippen LogP contribution in [0, 0.1) is 20.8 Å². The van der Waals surface area contributed by atoms with E-state index in [2.05, 4.69) is 37.0 Å². The molecule has 1 aromatic carbocycles. The summed E-state index contributed by atoms with van der Waals surface area (Å²) in [5, 5.41) is 0. The zero-order valence-electron chi connectivity index (χ0n) is 14.4. The second-order valence-corrected chi connectivity index (χ2v) is 6.59. The zero-order chi connectivity index (χ0) is 16.7. The van der Waals surface area contributed by atoms with E-state index in [1.165, 1.54) is 27.9 Å². The highest BCUT2D eigenvalue weighted by Crippen LogP contribution is 2.34. The summed E-state index contributed by atoms with van der Waals surface area (Å²) in [6, 6.07) is 12.5. The van der Waals surface area contributed by atoms with Gasteiger partial charge in [-0.15, -0.1) is 0 Å². The van der Waals surface area contributed by atoms with Crippen molar-refractivity contribution in [2.24, 2.45) is 0 Å². The van der Waals surface area contributed by atoms with Gasteiger partial charge < -0.3 is 0 Å². The van der Waals surface area contributed by atoms with Crippen LogP contribution in [0.15, 0.2) is 36.4 Å². The van der Waals surface area contributed by atoms with Gasteiger partial charge >= 0.3 is 0 Å². The molecule has 0 N–H and O–H groups in total. The maximum Gasteiger partial charge on any atom is 0.178 e. The number of hydrogen-bond donors (Lipinski definition) is 0. The van der Waals surface area contributed by atoms with Crippen molar-refractivity contribution in [3.8, 4) is 22.8 Å². The molecule has 0 spiro atoms. The molecule has 3 aromatic rings. The van der Waals surface area contributed by atoms with Crippen molar-refractivity contribution >= 4 is 0 Å². The summed E-state index contributed by atoms with van der Waals surface area (Å²) in [6.45, 7) is 6.34. The van der Waals surface area contributed by atoms with E-state index in [-0.39, 0.29) is 0 Å². The standard InChI is InChI=1S/C21H21N3/c1-13-7-4-9-16(15(13)3)20-17-10-6-11-18(17)23-21(24-20)19-12-5-8-14(2)22-19/h4-5,7-9,12H,6,10-11H2,1-3H3. The minimum Gasteiger partial charge on any atom is -0.250 e. The number of fused-ring (bicyclic) bond motifs is 1. The number of pyridine rings is 1. The molecule has 24 heavy (non-hydrogen) atoms. The lowest BCUT2D eigenvalue weighted by Gasteiger charge is -2.13. The van der Waals surface area contributed by atoms with Crippen LogP contribution in [0.4, 0.5) is 0 Å². The van der Waals surface area contributed by atoms with Crippen LogP contribution in [0.2, 0.25) is 0 Å². The first kappa shape index (κ1) is 15.0. The van der Waals surface area contributed by atoms with Gasteiger partial charge in [0.05, 0.1) is 5.69 Å². The molecule has 0 atom stereocenters. The van der Waals surface area contributed by atoms with Crippen molar-refractivity contribution in [1.29, 1.82) is 0 Å². The Morgan fingerprint density at radius 3 is 2.50 bits per heavy atom. The Morgan fingerprint density at radius 2 is 1.67 bits per heavy atom. The summed E-state index contributed by atoms with van der Waals surface area (Å²) < 4.78 is 0. The van der Waals surface area contributed by atoms with Crippen molar-refractivity contribution < 1.29 is 0 Å². The maximum atomic E-state index is 4.95. The van der Waals surface area contributed by atoms with Gasteiger partial charge in [0.2, 0.25) is 0 Å². The largest absolute Gasteiger partial charge is 0.250 e. The summed E-state index contributed by atoms with van der Waals surface area (Å²) in [4.78, 5) is 14.4. The predicted octanol–water partition coefficient (Wildman–Crippen LogP) is 4.62. The average Bonchev–Trinajstić information content (AvgIpc) is 3.05. The summed E-state index contributed by atoms with van der Waals surface area (Å²) in [5.41, 5.74) is 9.28. The Bertz CT molecular complexity index is 928. The quantitative estimate of drug-likeness (QED) is 0.692. The van der Waals surface area contributed by atoms with E-state index in [1.807, 2.05) is 25.1 Å². The van der Waals surface area contributed by atoms with Crippen molar-refractivity contribution in [3.05, 3.63) is 64.5 Å². The fourth-order valence-electron chi connectivity index (χ4n) is 3.45. The van der Waals surface area contributed by atoms with Crippen LogP contribution in [0.25, 0.3) is 22.8 Å². The molecule has 0 saturated carbocycles. The van der Waals surface area contributed by atoms with E-state index in [1.54, 1.807) is 0 Å². The molecule has 0 unspecified atom stereocenters. The first-order valence-corrected chi connectivity index (χ1v) is 8.54. The van der Waals surface area contributed by atoms with E-state index in [4.69, 9.17) is 9.97 Å². The summed E-state index contributed by atoms with van der Waals surface area (Å²) >= 11 is 0. The third-order valence-electron chi connectivity index (χ3n) is 4.91. The van der Waals surface area contributed by atoms with Gasteiger partial charge in [-0.1, -0.05) is 24.3 Å². The number of nitrogens with zero attached hydrogens (tertiary/aromatic N) is 3. The monoisotopic (exact) mass is 315 g/mol. The van der Waals surface area contributed by atoms with Crippen LogP contribution in [0.3, 0.4) is 0 Å². The van der Waals surface area contributed by atoms with E-state index in [9.17, 15) is 0 Å². The molecule has 0 amide bonds. The van der Waals surface area contributed by atoms with Crippen molar-refractivity contribution in [1.82, 2.24) is 15.0 Å². The second-order valence-electron chi connectivity index (χ2n) is 6.59. The molecule has 1 aliphatic carbocycles. The van der Waals surface area contributed by atoms with Crippen LogP contribution in [0.1, 0.15) is 34.5 Å². The van der Waals surface area contributed by atoms with Crippen LogP contribution < -0.4 is 0 Å². The van der Waals surface area contributed by atoms with E-state index in [0.717, 1.165) is 42.2 Å². The average molecular weight is 315 g/mol. The number of aryl methyl sites for hydroxylation is 3. The summed E-state index contributed by atoms with van der Waals surface area (Å²) in [5.74, 6) is 0.746. The third kappa shape index (κ3) is 2.50. The van der Waals surface area contributed by atoms with Gasteiger partial charge in [0, 0.05) is 22.5 Å². The first-order valence-electron chi connectivity index (χ1n) is 8.54. The molecule has 0 bridgehead atoms. The van der Waals surface area contributed by atoms with E-state index < -0.39 is 0 Å². The fourth-order valence-corrected chi connectivity index (χ4v) is 3.45. The molecule has 0 aliphatic heterocycles. The van der Waals surface area contributed by atoms with Gasteiger partial charge in [0.15, 0.2) is 5.82 Å². The minimum atomic E-state index is 0.746. The first-order chi connectivity index (χ1) is 11.6. The van der Waals surface area contributed by atoms with Gasteiger partial charge in [-0.3, -0.25) is 0 Å². The second kappa shape index (κ2) is 5.82. The Labute approximate surface area is 142 Å². The Balaban J connectivity index is 1.95. The number of benzene rings is 1. The topological polar surface area (TPSA) is 38.7 Å². The summed E-state index contributed by atoms with van der Waals surface area (Å²) in [7, 11) is 0. The predicted molar refractivity (Wildman–Crippen MR) is 96.9 cm³/mol. The number of aromatic nitrogens is 3. The van der Waals surface area contributed by atoms with Crippen LogP contribution in [-0.4, -0.2) is 15.0 Å². The van der Waals surface area contributed by atoms with Gasteiger partial charge in [-0.2, -0.15) is 0 Å². The van der Waals surface area contributed by atoms with Crippen LogP contribution >= 0.6 is 0 Å². The SMILES string of the molecule is Cc1cccc(-c2nc3c(c(-c4cccc(C)c4C)n2)CCC3)n1. The maximum absolute atomic E-state index is 4.95. The highest BCUT2D eigenvalue weighted by molar-refractivity contribution is 5.71. The van der Waals surface area contributed by atoms with Gasteiger partial charge in [-0.05, 0) is 63.3 Å². The Hall–Kier alpha value is -2.55. The van der Waals surface area contributed by atoms with Gasteiger partial charge in [0.25, 0.3) is 0 Å². The highest BCUT2D eigenvalue weighted by atomic mass is 14.9. The Morgan fingerprint density at radius 1 is 0.833 bits per heavy atom. The zero-order valence-corrected chi connectivity index (χ0v) is 14.4. The van der Waals surface area contributed by atoms with Gasteiger partial charge in [0.1, 0.15) is 5.69 Å². The molecule has 120 valence electrons. The number of rotatable bonds is 2. The molecule has 2 aromatic heterocycles. The molecule has 2 heterocycles. The molecule has 3 heteroatoms. The Kier molecular flexibility index (Phi) is 3.64. The van der Waals surface area contributed by atoms with Crippen LogP contribution in [0.5, 0.6) is 0 Å². The minimum absolute atomic E-state index is 0.746. The fraction of sp³-hybridized carbons (Fsp3) is 0.286. The summed E-state index contributed by atoms with van der Waals surface area (Å²) in [6.07, 6.45) is 3.26. The van der Waals surface area contributed by atoms with E-state index in [0.29, 0.717) is 0 Å². The molecule has 0 fully saturated rings. The third-order valence-corrected chi connectivity index (χ3v) is 4.91. The lowest BCUT2D eigenvalue weighted by atomic mass is 9.97. The van der Waals surface area contributed by atoms with Crippen molar-refractivity contribution in [2.75, 3.05) is 0 Å². The molecule has 3 nitrogen and oxygen atoms in total. The molecule has 4 rings (SSSR count). The molecule has 0 saturated heterocycles.